The van der Waals surface area contributed by atoms with Crippen molar-refractivity contribution >= 4 is 0 Å². The number of aryl methyl sites for hydroxylation is 1. The molecule has 1 heterocycles. The van der Waals surface area contributed by atoms with E-state index in [1.807, 2.05) is 0 Å². The van der Waals surface area contributed by atoms with Crippen molar-refractivity contribution < 1.29 is 9.47 Å². The Balaban J connectivity index is 2.01. The molecule has 0 amide bonds. The summed E-state index contributed by atoms with van der Waals surface area (Å²) in [5.41, 5.74) is 7.47. The minimum atomic E-state index is 0.0946. The summed E-state index contributed by atoms with van der Waals surface area (Å²) in [5.74, 6) is 0.462. The van der Waals surface area contributed by atoms with Crippen LogP contribution in [0, 0.1) is 5.92 Å². The van der Waals surface area contributed by atoms with Crippen LogP contribution in [0.4, 0.5) is 0 Å². The van der Waals surface area contributed by atoms with Gasteiger partial charge >= 0.3 is 0 Å². The molecule has 0 spiro atoms. The third-order valence-electron chi connectivity index (χ3n) is 4.93. The van der Waals surface area contributed by atoms with E-state index in [2.05, 4.69) is 44.2 Å². The van der Waals surface area contributed by atoms with Crippen molar-refractivity contribution in [2.75, 3.05) is 13.2 Å². The SMILES string of the molecule is CCCC[C@H]1[C@H](C)OC[C@@H](N)CCO[C@@H]1CCc1ccccc1. The highest BCUT2D eigenvalue weighted by Gasteiger charge is 2.29. The molecule has 0 radical (unpaired) electrons. The second-order valence-electron chi connectivity index (χ2n) is 6.83. The zero-order chi connectivity index (χ0) is 16.5. The highest BCUT2D eigenvalue weighted by molar-refractivity contribution is 5.14. The number of nitrogens with two attached hydrogens (primary N) is 1. The van der Waals surface area contributed by atoms with Gasteiger partial charge in [-0.05, 0) is 38.2 Å². The van der Waals surface area contributed by atoms with E-state index in [0.29, 0.717) is 12.5 Å². The van der Waals surface area contributed by atoms with E-state index in [0.717, 1.165) is 25.9 Å². The molecule has 3 nitrogen and oxygen atoms in total. The summed E-state index contributed by atoms with van der Waals surface area (Å²) < 4.78 is 12.3. The van der Waals surface area contributed by atoms with Gasteiger partial charge in [0.25, 0.3) is 0 Å². The molecule has 2 N–H and O–H groups in total. The van der Waals surface area contributed by atoms with Crippen LogP contribution < -0.4 is 5.73 Å². The fourth-order valence-electron chi connectivity index (χ4n) is 3.39. The maximum Gasteiger partial charge on any atom is 0.0631 e. The standard InChI is InChI=1S/C20H33NO2/c1-3-4-10-19-16(2)23-15-18(21)13-14-22-20(19)12-11-17-8-6-5-7-9-17/h5-9,16,18-20H,3-4,10-15,21H2,1-2H3/t16-,18-,19-,20+/m0/s1. The lowest BCUT2D eigenvalue weighted by molar-refractivity contribution is -0.0514. The summed E-state index contributed by atoms with van der Waals surface area (Å²) in [4.78, 5) is 0. The lowest BCUT2D eigenvalue weighted by Gasteiger charge is -2.31. The van der Waals surface area contributed by atoms with Crippen molar-refractivity contribution in [2.24, 2.45) is 11.7 Å². The first-order valence-corrected chi connectivity index (χ1v) is 9.23. The number of rotatable bonds is 6. The van der Waals surface area contributed by atoms with E-state index in [-0.39, 0.29) is 18.2 Å². The van der Waals surface area contributed by atoms with E-state index in [9.17, 15) is 0 Å². The zero-order valence-corrected chi connectivity index (χ0v) is 14.7. The van der Waals surface area contributed by atoms with Crippen LogP contribution in [0.15, 0.2) is 30.3 Å². The predicted molar refractivity (Wildman–Crippen MR) is 95.5 cm³/mol. The molecule has 0 saturated carbocycles. The van der Waals surface area contributed by atoms with Crippen LogP contribution in [0.3, 0.4) is 0 Å². The molecule has 1 aromatic rings. The zero-order valence-electron chi connectivity index (χ0n) is 14.7. The van der Waals surface area contributed by atoms with Gasteiger partial charge in [0.15, 0.2) is 0 Å². The molecule has 1 aromatic carbocycles. The smallest absolute Gasteiger partial charge is 0.0631 e. The van der Waals surface area contributed by atoms with Crippen LogP contribution in [0.1, 0.15) is 51.5 Å². The first-order chi connectivity index (χ1) is 11.2. The molecule has 1 saturated heterocycles. The van der Waals surface area contributed by atoms with Gasteiger partial charge in [0, 0.05) is 18.6 Å². The van der Waals surface area contributed by atoms with Crippen LogP contribution in [0.5, 0.6) is 0 Å². The normalized spacial score (nSPS) is 29.5. The Morgan fingerprint density at radius 2 is 1.91 bits per heavy atom. The molecule has 1 aliphatic heterocycles. The van der Waals surface area contributed by atoms with Crippen LogP contribution in [-0.2, 0) is 15.9 Å². The predicted octanol–water partition coefficient (Wildman–Crippen LogP) is 3.95. The average molecular weight is 319 g/mol. The maximum atomic E-state index is 6.28. The molecule has 0 bridgehead atoms. The molecule has 4 atom stereocenters. The van der Waals surface area contributed by atoms with E-state index in [1.165, 1.54) is 24.8 Å². The average Bonchev–Trinajstić information content (AvgIpc) is 2.63. The Labute approximate surface area is 141 Å². The summed E-state index contributed by atoms with van der Waals surface area (Å²) in [6, 6.07) is 10.8. The minimum Gasteiger partial charge on any atom is -0.378 e. The quantitative estimate of drug-likeness (QED) is 0.863. The molecule has 130 valence electrons. The number of hydrogen-bond acceptors (Lipinski definition) is 3. The highest BCUT2D eigenvalue weighted by Crippen LogP contribution is 2.27. The Morgan fingerprint density at radius 3 is 2.65 bits per heavy atom. The summed E-state index contributed by atoms with van der Waals surface area (Å²) >= 11 is 0. The van der Waals surface area contributed by atoms with Gasteiger partial charge in [-0.3, -0.25) is 0 Å². The molecule has 2 rings (SSSR count). The molecule has 0 aromatic heterocycles. The monoisotopic (exact) mass is 319 g/mol. The fourth-order valence-corrected chi connectivity index (χ4v) is 3.39. The molecule has 0 aliphatic carbocycles. The number of ether oxygens (including phenoxy) is 2. The Morgan fingerprint density at radius 1 is 1.13 bits per heavy atom. The lowest BCUT2D eigenvalue weighted by atomic mass is 9.87. The first-order valence-electron chi connectivity index (χ1n) is 9.23. The number of benzene rings is 1. The van der Waals surface area contributed by atoms with Gasteiger partial charge in [0.1, 0.15) is 0 Å². The topological polar surface area (TPSA) is 44.5 Å². The molecule has 23 heavy (non-hydrogen) atoms. The van der Waals surface area contributed by atoms with Crippen LogP contribution in [0.2, 0.25) is 0 Å². The molecular formula is C20H33NO2. The van der Waals surface area contributed by atoms with Gasteiger partial charge in [-0.25, -0.2) is 0 Å². The lowest BCUT2D eigenvalue weighted by Crippen LogP contribution is -2.35. The van der Waals surface area contributed by atoms with Gasteiger partial charge < -0.3 is 15.2 Å². The van der Waals surface area contributed by atoms with Crippen LogP contribution in [0.25, 0.3) is 0 Å². The highest BCUT2D eigenvalue weighted by atomic mass is 16.5. The van der Waals surface area contributed by atoms with Crippen molar-refractivity contribution in [1.82, 2.24) is 0 Å². The van der Waals surface area contributed by atoms with Gasteiger partial charge in [0.05, 0.1) is 18.8 Å². The van der Waals surface area contributed by atoms with Crippen molar-refractivity contribution in [2.45, 2.75) is 70.6 Å². The largest absolute Gasteiger partial charge is 0.378 e. The summed E-state index contributed by atoms with van der Waals surface area (Å²) in [5, 5.41) is 0. The first kappa shape index (κ1) is 18.4. The Hall–Kier alpha value is -0.900. The Kier molecular flexibility index (Phi) is 8.07. The van der Waals surface area contributed by atoms with Crippen molar-refractivity contribution in [3.05, 3.63) is 35.9 Å². The van der Waals surface area contributed by atoms with Crippen LogP contribution in [-0.4, -0.2) is 31.5 Å². The number of unbranched alkanes of at least 4 members (excludes halogenated alkanes) is 1. The minimum absolute atomic E-state index is 0.0946. The Bertz CT molecular complexity index is 423. The second kappa shape index (κ2) is 10.1. The third-order valence-corrected chi connectivity index (χ3v) is 4.93. The second-order valence-corrected chi connectivity index (χ2v) is 6.83. The fraction of sp³-hybridized carbons (Fsp3) is 0.700. The van der Waals surface area contributed by atoms with Gasteiger partial charge in [-0.1, -0.05) is 50.1 Å². The van der Waals surface area contributed by atoms with Gasteiger partial charge in [-0.15, -0.1) is 0 Å². The van der Waals surface area contributed by atoms with Gasteiger partial charge in [0.2, 0.25) is 0 Å². The molecule has 1 aliphatic rings. The number of hydrogen-bond donors (Lipinski definition) is 1. The van der Waals surface area contributed by atoms with Crippen molar-refractivity contribution in [3.8, 4) is 0 Å². The summed E-state index contributed by atoms with van der Waals surface area (Å²) in [6.07, 6.45) is 7.10. The summed E-state index contributed by atoms with van der Waals surface area (Å²) in [6.45, 7) is 5.84. The molecular weight excluding hydrogens is 286 g/mol. The van der Waals surface area contributed by atoms with Crippen molar-refractivity contribution in [1.29, 1.82) is 0 Å². The maximum absolute atomic E-state index is 6.28. The molecule has 1 fully saturated rings. The molecule has 0 unspecified atom stereocenters. The van der Waals surface area contributed by atoms with E-state index in [1.54, 1.807) is 0 Å². The third kappa shape index (κ3) is 6.25. The van der Waals surface area contributed by atoms with E-state index in [4.69, 9.17) is 15.2 Å². The van der Waals surface area contributed by atoms with E-state index >= 15 is 0 Å². The van der Waals surface area contributed by atoms with Crippen molar-refractivity contribution in [3.63, 3.8) is 0 Å². The molecule has 3 heteroatoms. The van der Waals surface area contributed by atoms with Crippen LogP contribution >= 0.6 is 0 Å². The summed E-state index contributed by atoms with van der Waals surface area (Å²) in [7, 11) is 0. The van der Waals surface area contributed by atoms with E-state index < -0.39 is 0 Å². The van der Waals surface area contributed by atoms with Gasteiger partial charge in [-0.2, -0.15) is 0 Å².